The van der Waals surface area contributed by atoms with Crippen molar-refractivity contribution >= 4 is 28.7 Å². The fraction of sp³-hybridized carbons (Fsp3) is 0.462. The third-order valence-corrected chi connectivity index (χ3v) is 6.95. The SMILES string of the molecule is CC(=O)N[C@@H]1CCCC(C(=O)Nc2cc(-c3cc(F)c4ncn(CC5CC5)c4c3)c(C)cn2)C1.[HH].[HH]. The van der Waals surface area contributed by atoms with E-state index in [1.807, 2.05) is 23.6 Å². The predicted molar refractivity (Wildman–Crippen MR) is 133 cm³/mol. The molecule has 0 bridgehead atoms. The van der Waals surface area contributed by atoms with Crippen molar-refractivity contribution in [3.63, 3.8) is 0 Å². The van der Waals surface area contributed by atoms with Gasteiger partial charge in [0.05, 0.1) is 11.8 Å². The van der Waals surface area contributed by atoms with Crippen LogP contribution < -0.4 is 10.6 Å². The number of hydrogen-bond acceptors (Lipinski definition) is 4. The predicted octanol–water partition coefficient (Wildman–Crippen LogP) is 5.08. The van der Waals surface area contributed by atoms with E-state index in [0.29, 0.717) is 23.7 Å². The van der Waals surface area contributed by atoms with Gasteiger partial charge >= 0.3 is 0 Å². The summed E-state index contributed by atoms with van der Waals surface area (Å²) in [7, 11) is 0. The summed E-state index contributed by atoms with van der Waals surface area (Å²) < 4.78 is 17.0. The van der Waals surface area contributed by atoms with Crippen LogP contribution in [0.25, 0.3) is 22.2 Å². The monoisotopic (exact) mass is 467 g/mol. The van der Waals surface area contributed by atoms with Crippen LogP contribution in [0.5, 0.6) is 0 Å². The second kappa shape index (κ2) is 9.16. The summed E-state index contributed by atoms with van der Waals surface area (Å²) in [4.78, 5) is 33.0. The van der Waals surface area contributed by atoms with Crippen LogP contribution in [0.3, 0.4) is 0 Å². The van der Waals surface area contributed by atoms with Crippen LogP contribution >= 0.6 is 0 Å². The van der Waals surface area contributed by atoms with Gasteiger partial charge in [-0.05, 0) is 79.8 Å². The first-order chi connectivity index (χ1) is 16.4. The maximum Gasteiger partial charge on any atom is 0.228 e. The number of aryl methyl sites for hydroxylation is 1. The standard InChI is InChI=1S/C26H30FN5O2.2H2/c1-15-12-28-24(31-26(34)18-4-3-5-20(8-18)30-16(2)33)11-21(15)19-9-22(27)25-23(10-19)32(14-29-25)13-17-6-7-17;;/h9-12,14,17-18,20H,3-8,13H2,1-2H3,(H,30,33)(H,28,31,34);2*1H/t18?,20-;;/m1../s1. The molecule has 0 spiro atoms. The molecule has 2 fully saturated rings. The minimum atomic E-state index is -0.352. The molecule has 3 aromatic rings. The molecule has 2 amide bonds. The Morgan fingerprint density at radius 3 is 2.76 bits per heavy atom. The molecule has 0 radical (unpaired) electrons. The van der Waals surface area contributed by atoms with Crippen LogP contribution in [-0.4, -0.2) is 32.4 Å². The minimum absolute atomic E-state index is 0. The lowest BCUT2D eigenvalue weighted by atomic mass is 9.85. The van der Waals surface area contributed by atoms with Gasteiger partial charge in [0.25, 0.3) is 0 Å². The lowest BCUT2D eigenvalue weighted by Crippen LogP contribution is -2.40. The highest BCUT2D eigenvalue weighted by Crippen LogP contribution is 2.34. The Balaban J connectivity index is 0.00000180. The van der Waals surface area contributed by atoms with Crippen molar-refractivity contribution in [3.8, 4) is 11.1 Å². The number of anilines is 1. The number of fused-ring (bicyclic) bond motifs is 1. The zero-order chi connectivity index (χ0) is 23.8. The van der Waals surface area contributed by atoms with Crippen molar-refractivity contribution in [1.29, 1.82) is 0 Å². The van der Waals surface area contributed by atoms with Crippen LogP contribution in [-0.2, 0) is 16.1 Å². The fourth-order valence-electron chi connectivity index (χ4n) is 4.98. The number of carbonyl (C=O) groups excluding carboxylic acids is 2. The van der Waals surface area contributed by atoms with E-state index in [0.717, 1.165) is 48.0 Å². The quantitative estimate of drug-likeness (QED) is 0.529. The number of imidazole rings is 1. The van der Waals surface area contributed by atoms with Gasteiger partial charge in [0.1, 0.15) is 11.3 Å². The number of amides is 2. The Labute approximate surface area is 201 Å². The van der Waals surface area contributed by atoms with Crippen molar-refractivity contribution in [1.82, 2.24) is 19.9 Å². The van der Waals surface area contributed by atoms with Gasteiger partial charge in [0.15, 0.2) is 5.82 Å². The average Bonchev–Trinajstić information content (AvgIpc) is 3.53. The number of pyridine rings is 1. The van der Waals surface area contributed by atoms with Gasteiger partial charge in [-0.25, -0.2) is 14.4 Å². The fourth-order valence-corrected chi connectivity index (χ4v) is 4.98. The molecule has 34 heavy (non-hydrogen) atoms. The van der Waals surface area contributed by atoms with Crippen LogP contribution in [0.1, 0.15) is 53.9 Å². The van der Waals surface area contributed by atoms with Gasteiger partial charge in [0.2, 0.25) is 11.8 Å². The van der Waals surface area contributed by atoms with E-state index < -0.39 is 0 Å². The first kappa shape index (κ1) is 22.5. The van der Waals surface area contributed by atoms with E-state index in [9.17, 15) is 14.0 Å². The van der Waals surface area contributed by atoms with Gasteiger partial charge in [-0.3, -0.25) is 9.59 Å². The summed E-state index contributed by atoms with van der Waals surface area (Å²) in [5, 5.41) is 5.87. The van der Waals surface area contributed by atoms with Crippen molar-refractivity contribution in [2.24, 2.45) is 11.8 Å². The van der Waals surface area contributed by atoms with Crippen molar-refractivity contribution in [2.45, 2.75) is 65.0 Å². The zero-order valence-electron chi connectivity index (χ0n) is 19.6. The summed E-state index contributed by atoms with van der Waals surface area (Å²) in [6, 6.07) is 5.31. The van der Waals surface area contributed by atoms with E-state index in [-0.39, 0.29) is 32.4 Å². The number of nitrogens with one attached hydrogen (secondary N) is 2. The molecule has 1 aromatic carbocycles. The van der Waals surface area contributed by atoms with Crippen LogP contribution in [0, 0.1) is 24.6 Å². The van der Waals surface area contributed by atoms with E-state index >= 15 is 0 Å². The lowest BCUT2D eigenvalue weighted by molar-refractivity contribution is -0.123. The molecule has 2 heterocycles. The van der Waals surface area contributed by atoms with Crippen LogP contribution in [0.4, 0.5) is 10.2 Å². The lowest BCUT2D eigenvalue weighted by Gasteiger charge is -2.28. The summed E-state index contributed by atoms with van der Waals surface area (Å²) in [5.41, 5.74) is 3.63. The molecule has 7 nitrogen and oxygen atoms in total. The maximum absolute atomic E-state index is 14.9. The van der Waals surface area contributed by atoms with E-state index in [4.69, 9.17) is 0 Å². The van der Waals surface area contributed by atoms with Crippen LogP contribution in [0.2, 0.25) is 0 Å². The van der Waals surface area contributed by atoms with Gasteiger partial charge in [-0.1, -0.05) is 6.42 Å². The van der Waals surface area contributed by atoms with Gasteiger partial charge in [-0.15, -0.1) is 0 Å². The zero-order valence-corrected chi connectivity index (χ0v) is 19.6. The van der Waals surface area contributed by atoms with E-state index in [1.54, 1.807) is 12.5 Å². The number of benzene rings is 1. The number of aromatic nitrogens is 3. The summed E-state index contributed by atoms with van der Waals surface area (Å²) in [6.45, 7) is 4.29. The Kier molecular flexibility index (Phi) is 6.06. The maximum atomic E-state index is 14.9. The second-order valence-electron chi connectivity index (χ2n) is 9.80. The molecule has 5 rings (SSSR count). The first-order valence-electron chi connectivity index (χ1n) is 12.1. The van der Waals surface area contributed by atoms with Crippen molar-refractivity contribution in [2.75, 3.05) is 5.32 Å². The molecular weight excluding hydrogens is 433 g/mol. The smallest absolute Gasteiger partial charge is 0.228 e. The highest BCUT2D eigenvalue weighted by Gasteiger charge is 2.28. The number of halogens is 1. The molecule has 182 valence electrons. The molecule has 1 unspecified atom stereocenters. The Bertz CT molecular complexity index is 1260. The average molecular weight is 468 g/mol. The normalized spacial score (nSPS) is 20.3. The molecule has 2 aliphatic carbocycles. The molecule has 0 aliphatic heterocycles. The Hall–Kier alpha value is -3.29. The summed E-state index contributed by atoms with van der Waals surface area (Å²) >= 11 is 0. The third kappa shape index (κ3) is 4.81. The summed E-state index contributed by atoms with van der Waals surface area (Å²) in [6.07, 6.45) is 9.03. The molecule has 2 aromatic heterocycles. The Morgan fingerprint density at radius 2 is 2.00 bits per heavy atom. The molecule has 2 saturated carbocycles. The van der Waals surface area contributed by atoms with Gasteiger partial charge in [0, 0.05) is 34.5 Å². The third-order valence-electron chi connectivity index (χ3n) is 6.95. The van der Waals surface area contributed by atoms with Crippen molar-refractivity contribution < 1.29 is 16.8 Å². The molecule has 2 aliphatic rings. The highest BCUT2D eigenvalue weighted by atomic mass is 19.1. The highest BCUT2D eigenvalue weighted by molar-refractivity contribution is 5.93. The first-order valence-corrected chi connectivity index (χ1v) is 12.1. The molecule has 2 atom stereocenters. The molecular formula is C26H34FN5O2. The molecule has 2 N–H and O–H groups in total. The van der Waals surface area contributed by atoms with Crippen LogP contribution in [0.15, 0.2) is 30.7 Å². The van der Waals surface area contributed by atoms with Gasteiger partial charge in [-0.2, -0.15) is 0 Å². The number of nitrogens with zero attached hydrogens (tertiary/aromatic N) is 3. The minimum Gasteiger partial charge on any atom is -0.354 e. The largest absolute Gasteiger partial charge is 0.354 e. The summed E-state index contributed by atoms with van der Waals surface area (Å²) in [5.74, 6) is 0.399. The van der Waals surface area contributed by atoms with E-state index in [1.165, 1.54) is 25.8 Å². The number of hydrogen-bond donors (Lipinski definition) is 2. The molecule has 0 saturated heterocycles. The van der Waals surface area contributed by atoms with Crippen molar-refractivity contribution in [3.05, 3.63) is 42.1 Å². The van der Waals surface area contributed by atoms with Gasteiger partial charge < -0.3 is 15.2 Å². The second-order valence-corrected chi connectivity index (χ2v) is 9.80. The number of carbonyl (C=O) groups is 2. The molecule has 8 heteroatoms. The topological polar surface area (TPSA) is 88.9 Å². The van der Waals surface area contributed by atoms with E-state index in [2.05, 4.69) is 20.6 Å². The number of rotatable bonds is 6. The Morgan fingerprint density at radius 1 is 1.18 bits per heavy atom.